The van der Waals surface area contributed by atoms with Crippen LogP contribution in [0.3, 0.4) is 0 Å². The van der Waals surface area contributed by atoms with Crippen molar-refractivity contribution in [3.05, 3.63) is 34.1 Å². The quantitative estimate of drug-likeness (QED) is 0.864. The molecule has 2 aromatic rings. The van der Waals surface area contributed by atoms with Crippen molar-refractivity contribution in [2.45, 2.75) is 51.5 Å². The number of nitrogens with zero attached hydrogens (tertiary/aromatic N) is 3. The molecule has 2 aromatic heterocycles. The number of hydrogen-bond acceptors (Lipinski definition) is 5. The van der Waals surface area contributed by atoms with Crippen molar-refractivity contribution in [1.29, 1.82) is 0 Å². The van der Waals surface area contributed by atoms with Crippen molar-refractivity contribution in [2.24, 2.45) is 0 Å². The fourth-order valence-corrected chi connectivity index (χ4v) is 3.46. The van der Waals surface area contributed by atoms with E-state index in [2.05, 4.69) is 10.1 Å². The second-order valence-electron chi connectivity index (χ2n) is 6.00. The molecule has 22 heavy (non-hydrogen) atoms. The first-order valence-corrected chi connectivity index (χ1v) is 8.68. The van der Waals surface area contributed by atoms with Crippen molar-refractivity contribution in [1.82, 2.24) is 15.0 Å². The number of rotatable bonds is 4. The fourth-order valence-electron chi connectivity index (χ4n) is 2.77. The van der Waals surface area contributed by atoms with Gasteiger partial charge < -0.3 is 9.42 Å². The molecule has 118 valence electrons. The van der Waals surface area contributed by atoms with Crippen LogP contribution in [0.4, 0.5) is 0 Å². The average molecular weight is 319 g/mol. The molecule has 0 unspecified atom stereocenters. The van der Waals surface area contributed by atoms with Gasteiger partial charge in [-0.2, -0.15) is 4.98 Å². The molecule has 0 N–H and O–H groups in total. The lowest BCUT2D eigenvalue weighted by molar-refractivity contribution is -0.134. The molecule has 0 aromatic carbocycles. The number of likely N-dealkylation sites (tertiary alicyclic amines) is 1. The summed E-state index contributed by atoms with van der Waals surface area (Å²) in [6.45, 7) is 4.85. The van der Waals surface area contributed by atoms with Crippen LogP contribution >= 0.6 is 11.3 Å². The number of carbonyl (C=O) groups is 1. The molecule has 0 radical (unpaired) electrons. The lowest BCUT2D eigenvalue weighted by Gasteiger charge is -2.33. The predicted molar refractivity (Wildman–Crippen MR) is 84.7 cm³/mol. The first kappa shape index (κ1) is 15.2. The van der Waals surface area contributed by atoms with E-state index in [-0.39, 0.29) is 17.9 Å². The Morgan fingerprint density at radius 3 is 3.05 bits per heavy atom. The molecular formula is C16H21N3O2S. The minimum absolute atomic E-state index is 0.0683. The molecule has 1 atom stereocenters. The molecule has 3 heterocycles. The highest BCUT2D eigenvalue weighted by molar-refractivity contribution is 7.10. The Balaban J connectivity index is 1.76. The van der Waals surface area contributed by atoms with Gasteiger partial charge in [0.25, 0.3) is 0 Å². The van der Waals surface area contributed by atoms with Gasteiger partial charge >= 0.3 is 0 Å². The highest BCUT2D eigenvalue weighted by Gasteiger charge is 2.32. The van der Waals surface area contributed by atoms with Gasteiger partial charge in [-0.25, -0.2) is 0 Å². The van der Waals surface area contributed by atoms with Crippen molar-refractivity contribution >= 4 is 17.2 Å². The second-order valence-corrected chi connectivity index (χ2v) is 7.03. The number of aromatic nitrogens is 2. The third kappa shape index (κ3) is 3.21. The standard InChI is InChI=1S/C16H21N3O2S/c1-11(2)15-17-16(21-18-15)13-7-3-4-8-19(13)14(20)10-12-6-5-9-22-12/h5-6,9,11,13H,3-4,7-8,10H2,1-2H3/t13-/m1/s1. The molecule has 1 fully saturated rings. The number of amides is 1. The minimum Gasteiger partial charge on any atom is -0.337 e. The highest BCUT2D eigenvalue weighted by Crippen LogP contribution is 2.31. The molecule has 0 saturated carbocycles. The predicted octanol–water partition coefficient (Wildman–Crippen LogP) is 3.55. The molecule has 1 aliphatic heterocycles. The molecule has 0 spiro atoms. The summed E-state index contributed by atoms with van der Waals surface area (Å²) in [5.41, 5.74) is 0. The minimum atomic E-state index is -0.0683. The molecule has 3 rings (SSSR count). The van der Waals surface area contributed by atoms with Crippen molar-refractivity contribution in [2.75, 3.05) is 6.54 Å². The summed E-state index contributed by atoms with van der Waals surface area (Å²) in [7, 11) is 0. The van der Waals surface area contributed by atoms with E-state index in [1.54, 1.807) is 11.3 Å². The average Bonchev–Trinajstić information content (AvgIpc) is 3.18. The summed E-state index contributed by atoms with van der Waals surface area (Å²) in [4.78, 5) is 20.1. The maximum Gasteiger partial charge on any atom is 0.249 e. The third-order valence-corrected chi connectivity index (χ3v) is 4.86. The van der Waals surface area contributed by atoms with Crippen LogP contribution in [0.2, 0.25) is 0 Å². The van der Waals surface area contributed by atoms with Crippen LogP contribution in [-0.4, -0.2) is 27.5 Å². The van der Waals surface area contributed by atoms with Crippen LogP contribution in [0.25, 0.3) is 0 Å². The van der Waals surface area contributed by atoms with Crippen LogP contribution in [-0.2, 0) is 11.2 Å². The number of hydrogen-bond donors (Lipinski definition) is 0. The van der Waals surface area contributed by atoms with E-state index in [0.29, 0.717) is 18.1 Å². The van der Waals surface area contributed by atoms with Gasteiger partial charge in [0.15, 0.2) is 5.82 Å². The molecule has 1 saturated heterocycles. The van der Waals surface area contributed by atoms with E-state index in [1.807, 2.05) is 36.3 Å². The van der Waals surface area contributed by atoms with Gasteiger partial charge in [-0.15, -0.1) is 11.3 Å². The number of carbonyl (C=O) groups excluding carboxylic acids is 1. The summed E-state index contributed by atoms with van der Waals surface area (Å²) in [5, 5.41) is 6.04. The summed E-state index contributed by atoms with van der Waals surface area (Å²) in [6, 6.07) is 3.92. The van der Waals surface area contributed by atoms with Crippen LogP contribution in [0, 0.1) is 0 Å². The zero-order chi connectivity index (χ0) is 15.5. The van der Waals surface area contributed by atoms with Crippen LogP contribution in [0.1, 0.15) is 61.7 Å². The maximum absolute atomic E-state index is 12.6. The summed E-state index contributed by atoms with van der Waals surface area (Å²) >= 11 is 1.62. The van der Waals surface area contributed by atoms with Gasteiger partial charge in [0, 0.05) is 17.3 Å². The van der Waals surface area contributed by atoms with E-state index in [4.69, 9.17) is 4.52 Å². The maximum atomic E-state index is 12.6. The Morgan fingerprint density at radius 1 is 1.50 bits per heavy atom. The van der Waals surface area contributed by atoms with Gasteiger partial charge in [-0.05, 0) is 30.7 Å². The molecule has 0 bridgehead atoms. The molecule has 0 aliphatic carbocycles. The van der Waals surface area contributed by atoms with E-state index >= 15 is 0 Å². The van der Waals surface area contributed by atoms with Gasteiger partial charge in [-0.1, -0.05) is 25.1 Å². The van der Waals surface area contributed by atoms with Crippen molar-refractivity contribution in [3.63, 3.8) is 0 Å². The summed E-state index contributed by atoms with van der Waals surface area (Å²) in [6.07, 6.45) is 3.49. The van der Waals surface area contributed by atoms with E-state index in [9.17, 15) is 4.79 Å². The third-order valence-electron chi connectivity index (χ3n) is 3.99. The van der Waals surface area contributed by atoms with Crippen LogP contribution in [0.15, 0.2) is 22.0 Å². The topological polar surface area (TPSA) is 59.2 Å². The van der Waals surface area contributed by atoms with Gasteiger partial charge in [0.2, 0.25) is 11.8 Å². The highest BCUT2D eigenvalue weighted by atomic mass is 32.1. The first-order chi connectivity index (χ1) is 10.6. The number of piperidine rings is 1. The smallest absolute Gasteiger partial charge is 0.249 e. The summed E-state index contributed by atoms with van der Waals surface area (Å²) < 4.78 is 5.43. The van der Waals surface area contributed by atoms with Gasteiger partial charge in [0.1, 0.15) is 6.04 Å². The summed E-state index contributed by atoms with van der Waals surface area (Å²) in [5.74, 6) is 1.68. The first-order valence-electron chi connectivity index (χ1n) is 7.80. The largest absolute Gasteiger partial charge is 0.337 e. The Kier molecular flexibility index (Phi) is 4.57. The molecule has 1 amide bonds. The lowest BCUT2D eigenvalue weighted by atomic mass is 10.0. The Hall–Kier alpha value is -1.69. The zero-order valence-corrected chi connectivity index (χ0v) is 13.8. The molecular weight excluding hydrogens is 298 g/mol. The molecule has 6 heteroatoms. The lowest BCUT2D eigenvalue weighted by Crippen LogP contribution is -2.39. The Labute approximate surface area is 134 Å². The van der Waals surface area contributed by atoms with Crippen molar-refractivity contribution in [3.8, 4) is 0 Å². The van der Waals surface area contributed by atoms with E-state index < -0.39 is 0 Å². The molecule has 5 nitrogen and oxygen atoms in total. The van der Waals surface area contributed by atoms with Crippen molar-refractivity contribution < 1.29 is 9.32 Å². The van der Waals surface area contributed by atoms with Crippen LogP contribution in [0.5, 0.6) is 0 Å². The van der Waals surface area contributed by atoms with E-state index in [1.165, 1.54) is 0 Å². The SMILES string of the molecule is CC(C)c1noc([C@H]2CCCCN2C(=O)Cc2cccs2)n1. The molecule has 1 aliphatic rings. The zero-order valence-electron chi connectivity index (χ0n) is 13.0. The second kappa shape index (κ2) is 6.60. The van der Waals surface area contributed by atoms with Gasteiger partial charge in [-0.3, -0.25) is 4.79 Å². The van der Waals surface area contributed by atoms with E-state index in [0.717, 1.165) is 30.7 Å². The monoisotopic (exact) mass is 319 g/mol. The number of thiophene rings is 1. The van der Waals surface area contributed by atoms with Crippen LogP contribution < -0.4 is 0 Å². The Bertz CT molecular complexity index is 621. The van der Waals surface area contributed by atoms with Gasteiger partial charge in [0.05, 0.1) is 6.42 Å². The Morgan fingerprint density at radius 2 is 2.36 bits per heavy atom. The fraction of sp³-hybridized carbons (Fsp3) is 0.562. The normalized spacial score (nSPS) is 18.9.